The van der Waals surface area contributed by atoms with Gasteiger partial charge < -0.3 is 137 Å². The number of ether oxygens (including phenoxy) is 9. The van der Waals surface area contributed by atoms with Crippen LogP contribution in [-0.4, -0.2) is 219 Å². The largest absolute Gasteiger partial charge is 0.573 e. The quantitative estimate of drug-likeness (QED) is 0.0462. The van der Waals surface area contributed by atoms with Gasteiger partial charge >= 0.3 is 12.3 Å². The number of nitrogens with one attached hydrogen (secondary N) is 4. The molecule has 0 aromatic heterocycles. The van der Waals surface area contributed by atoms with Crippen LogP contribution in [0.15, 0.2) is 103 Å². The predicted molar refractivity (Wildman–Crippen MR) is 425 cm³/mol. The van der Waals surface area contributed by atoms with E-state index in [2.05, 4.69) is 26.0 Å². The first-order chi connectivity index (χ1) is 58.5. The number of halogens is 5. The van der Waals surface area contributed by atoms with Crippen LogP contribution in [0.25, 0.3) is 11.1 Å². The fourth-order valence-electron chi connectivity index (χ4n) is 16.2. The van der Waals surface area contributed by atoms with E-state index in [1.54, 1.807) is 6.92 Å². The second kappa shape index (κ2) is 38.4. The van der Waals surface area contributed by atoms with E-state index in [-0.39, 0.29) is 54.7 Å². The van der Waals surface area contributed by atoms with Crippen molar-refractivity contribution in [3.63, 3.8) is 0 Å². The number of phenols is 3. The predicted octanol–water partition coefficient (Wildman–Crippen LogP) is 5.27. The number of ketones is 2. The lowest BCUT2D eigenvalue weighted by molar-refractivity contribution is -0.351. The van der Waals surface area contributed by atoms with Crippen LogP contribution in [0.5, 0.6) is 51.7 Å². The molecule has 6 aromatic rings. The molecule has 0 saturated carbocycles. The molecule has 5 amide bonds. The third-order valence-electron chi connectivity index (χ3n) is 22.6. The van der Waals surface area contributed by atoms with Crippen molar-refractivity contribution in [2.75, 3.05) is 6.61 Å². The number of carbonyl (C=O) groups excluding carboxylic acids is 7. The van der Waals surface area contributed by atoms with Crippen molar-refractivity contribution in [1.82, 2.24) is 21.3 Å². The standard InChI is InChI=1S/C84H95Cl2F3N6O29/c1-6-36(20-33(2)3)76(110)94-64-51(100)24-41(27-59(90)102)77(111)92-62-40-25-56(117-53-18-13-38(66(64)103)22-47(53)85)73(122-82-71(108)69(106)74(58(32-96)120-82)123-81-70(107)68(105)67(104)55(119-81)9-7-8-35-10-15-43(16-11-35)124-84(87,88)89)57(26-40)118-54-19-14-39(23-48(54)86)72(121-60-31-83(5,91)75(109)34(4)116-60)65-79(113)93-63(80(114)115)46-28-42(97)29-50(99)61(46)45-21-37(12-17-49(45)98)44(30-52(62)101)78(112)95-65/h10-19,21-23,25-26,28-29,33-34,36,41,44,55,58,60,62-72,74-75,81-82,96-99,103-109H,6-9,20,24,27,30-32,91H2,1-5H3,(H2,90,102)(H,92,111)(H,93,113)(H,94,110)(H,95,112)(H,114,115)/t34-,36+,41-,44+,55+,58+,60?,62+,63+,64-,65-,66+,67-,68-,69+,70+,71+,72+,74+,75-,81-,82-,83-/m0/s1. The average molecular weight is 1780 g/mol. The molecule has 11 bridgehead atoms. The van der Waals surface area contributed by atoms with Crippen LogP contribution in [0.3, 0.4) is 0 Å². The summed E-state index contributed by atoms with van der Waals surface area (Å²) in [6.07, 6.45) is -35.8. The number of Topliss-reactive ketones (excluding diaryl/α,β-unsaturated/α-hetero) is 2. The minimum Gasteiger partial charge on any atom is -0.508 e. The number of aromatic hydroxyl groups is 3. The molecule has 20 N–H and O–H groups in total. The molecule has 3 fully saturated rings. The average Bonchev–Trinajstić information content (AvgIpc) is 0.766. The highest BCUT2D eigenvalue weighted by molar-refractivity contribution is 6.32. The molecule has 23 atom stereocenters. The molecule has 8 heterocycles. The van der Waals surface area contributed by atoms with Crippen LogP contribution < -0.4 is 51.7 Å². The molecule has 0 spiro atoms. The van der Waals surface area contributed by atoms with E-state index >= 15 is 24.0 Å². The summed E-state index contributed by atoms with van der Waals surface area (Å²) in [4.78, 5) is 121. The van der Waals surface area contributed by atoms with Gasteiger partial charge in [-0.2, -0.15) is 0 Å². The van der Waals surface area contributed by atoms with E-state index in [0.717, 1.165) is 72.8 Å². The van der Waals surface area contributed by atoms with Gasteiger partial charge in [0.2, 0.25) is 41.6 Å². The van der Waals surface area contributed by atoms with Crippen molar-refractivity contribution in [2.45, 2.75) is 227 Å². The Kier molecular flexibility index (Phi) is 28.8. The first kappa shape index (κ1) is 93.1. The van der Waals surface area contributed by atoms with Gasteiger partial charge in [0.25, 0.3) is 0 Å². The molecule has 14 rings (SSSR count). The maximum atomic E-state index is 16.5. The second-order valence-corrected chi connectivity index (χ2v) is 33.1. The first-order valence-corrected chi connectivity index (χ1v) is 40.5. The maximum absolute atomic E-state index is 16.5. The second-order valence-electron chi connectivity index (χ2n) is 32.3. The van der Waals surface area contributed by atoms with Gasteiger partial charge in [-0.15, -0.1) is 13.2 Å². The number of alkyl halides is 3. The number of aliphatic carboxylic acids is 1. The zero-order chi connectivity index (χ0) is 90.2. The van der Waals surface area contributed by atoms with Crippen molar-refractivity contribution < 1.29 is 155 Å². The molecule has 3 saturated heterocycles. The lowest BCUT2D eigenvalue weighted by Crippen LogP contribution is -2.64. The van der Waals surface area contributed by atoms with Crippen LogP contribution in [0, 0.1) is 17.8 Å². The third kappa shape index (κ3) is 20.8. The Morgan fingerprint density at radius 1 is 0.694 bits per heavy atom. The Morgan fingerprint density at radius 2 is 1.33 bits per heavy atom. The summed E-state index contributed by atoms with van der Waals surface area (Å²) in [5.74, 6) is -20.7. The van der Waals surface area contributed by atoms with Gasteiger partial charge in [0.05, 0.1) is 46.8 Å². The summed E-state index contributed by atoms with van der Waals surface area (Å²) < 4.78 is 93.7. The number of rotatable bonds is 20. The van der Waals surface area contributed by atoms with Crippen molar-refractivity contribution in [3.05, 3.63) is 147 Å². The minimum atomic E-state index is -4.95. The molecular weight excluding hydrogens is 1680 g/mol. The van der Waals surface area contributed by atoms with Gasteiger partial charge in [0.15, 0.2) is 41.7 Å². The van der Waals surface area contributed by atoms with E-state index in [9.17, 15) is 88.8 Å². The van der Waals surface area contributed by atoms with E-state index in [1.807, 2.05) is 13.8 Å². The lowest BCUT2D eigenvalue weighted by atomic mass is 9.84. The summed E-state index contributed by atoms with van der Waals surface area (Å²) >= 11 is 14.5. The fourth-order valence-corrected chi connectivity index (χ4v) is 16.6. The van der Waals surface area contributed by atoms with Crippen molar-refractivity contribution >= 4 is 70.3 Å². The zero-order valence-corrected chi connectivity index (χ0v) is 68.5. The smallest absolute Gasteiger partial charge is 0.508 e. The Hall–Kier alpha value is -10.1. The number of carboxylic acid groups (broad SMARTS) is 1. The number of aryl methyl sites for hydroxylation is 1. The number of aliphatic hydroxyl groups is 8. The van der Waals surface area contributed by atoms with Gasteiger partial charge in [-0.3, -0.25) is 33.6 Å². The molecule has 8 aliphatic rings. The number of benzene rings is 6. The van der Waals surface area contributed by atoms with Crippen molar-refractivity contribution in [1.29, 1.82) is 0 Å². The number of fused-ring (bicyclic) bond motifs is 15. The fraction of sp³-hybridized carbons (Fsp3) is 0.476. The molecule has 670 valence electrons. The number of hydrogen-bond acceptors (Lipinski definition) is 29. The Balaban J connectivity index is 1.03. The Labute approximate surface area is 715 Å². The third-order valence-corrected chi connectivity index (χ3v) is 23.2. The number of primary amides is 1. The first-order valence-electron chi connectivity index (χ1n) is 39.7. The molecule has 124 heavy (non-hydrogen) atoms. The number of amides is 5. The molecule has 8 aliphatic heterocycles. The van der Waals surface area contributed by atoms with Crippen LogP contribution in [0.1, 0.15) is 150 Å². The van der Waals surface area contributed by atoms with Gasteiger partial charge in [0.1, 0.15) is 108 Å². The summed E-state index contributed by atoms with van der Waals surface area (Å²) in [7, 11) is 0. The number of aliphatic hydroxyl groups excluding tert-OH is 8. The normalized spacial score (nSPS) is 30.2. The summed E-state index contributed by atoms with van der Waals surface area (Å²) in [5, 5.41) is 148. The van der Waals surface area contributed by atoms with Crippen LogP contribution in [0.2, 0.25) is 10.0 Å². The molecular formula is C84H95Cl2F3N6O29. The minimum absolute atomic E-state index is 0.0602. The number of carbonyl (C=O) groups is 8. The van der Waals surface area contributed by atoms with Crippen LogP contribution >= 0.6 is 23.2 Å². The van der Waals surface area contributed by atoms with E-state index in [0.29, 0.717) is 12.0 Å². The van der Waals surface area contributed by atoms with Gasteiger partial charge in [-0.25, -0.2) is 4.79 Å². The van der Waals surface area contributed by atoms with Crippen LogP contribution in [-0.2, 0) is 68.5 Å². The molecule has 1 unspecified atom stereocenters. The number of nitrogens with two attached hydrogens (primary N) is 2. The molecule has 6 aromatic carbocycles. The Morgan fingerprint density at radius 3 is 1.94 bits per heavy atom. The number of hydrogen-bond donors (Lipinski definition) is 18. The highest BCUT2D eigenvalue weighted by Gasteiger charge is 2.53. The summed E-state index contributed by atoms with van der Waals surface area (Å²) in [5.41, 5.74) is 8.86. The zero-order valence-electron chi connectivity index (χ0n) is 67.0. The van der Waals surface area contributed by atoms with Gasteiger partial charge in [-0.1, -0.05) is 74.3 Å². The van der Waals surface area contributed by atoms with Gasteiger partial charge in [0, 0.05) is 59.9 Å². The highest BCUT2D eigenvalue weighted by Crippen LogP contribution is 2.51. The van der Waals surface area contributed by atoms with Crippen molar-refractivity contribution in [3.8, 4) is 62.9 Å². The van der Waals surface area contributed by atoms with Gasteiger partial charge in [-0.05, 0) is 146 Å². The molecule has 40 heteroatoms. The summed E-state index contributed by atoms with van der Waals surface area (Å²) in [6, 6.07) is 10.0. The highest BCUT2D eigenvalue weighted by atomic mass is 35.5. The SMILES string of the molecule is CC[C@H](CC(C)C)C(=O)N[C@H]1C(=O)C[C@@H](CC(N)=O)C(=O)N[C@H]2C(=O)C[C@H]3C(=O)N[C@H](C(=O)N[C@@H](C(=O)O)c4cc(O)cc(O)c4-c4cc3ccc4O)[C@H](OC3C[C@](C)(N)[C@@H](O)[C@H](C)O3)c3ccc(c(Cl)c3)Oc3cc2cc(c3O[C@@H]2O[C@H](CO)[C@@H](O[C@@H]3O[C@H](CCCc4ccc(OC(F)(F)F)cc4)[C@H](O)[C@H](O)[C@H]3O)[C@H](O)[C@H]2O)Oc2ccc(cc2Cl)[C@H]1O. The number of carboxylic acids is 1. The molecule has 0 aliphatic carbocycles. The topological polar surface area (TPSA) is 563 Å². The van der Waals surface area contributed by atoms with E-state index in [1.165, 1.54) is 44.2 Å². The summed E-state index contributed by atoms with van der Waals surface area (Å²) in [6.45, 7) is 7.19. The van der Waals surface area contributed by atoms with E-state index in [4.69, 9.17) is 72.6 Å². The molecule has 35 nitrogen and oxygen atoms in total. The lowest BCUT2D eigenvalue weighted by Gasteiger charge is -2.46. The monoisotopic (exact) mass is 1780 g/mol. The molecule has 0 radical (unpaired) electrons. The maximum Gasteiger partial charge on any atom is 0.573 e. The van der Waals surface area contributed by atoms with E-state index < -0.39 is 303 Å². The van der Waals surface area contributed by atoms with Crippen LogP contribution in [0.4, 0.5) is 13.2 Å². The number of phenolic OH excluding ortho intramolecular Hbond substituents is 3. The Bertz CT molecular complexity index is 4990. The van der Waals surface area contributed by atoms with Crippen molar-refractivity contribution in [2.24, 2.45) is 29.2 Å².